The minimum absolute atomic E-state index is 0.0575. The molecule has 0 aromatic heterocycles. The highest BCUT2D eigenvalue weighted by atomic mass is 19.4. The molecule has 36 heavy (non-hydrogen) atoms. The molecule has 1 saturated heterocycles. The monoisotopic (exact) mass is 515 g/mol. The number of halogens is 6. The van der Waals surface area contributed by atoms with Gasteiger partial charge in [-0.2, -0.15) is 26.3 Å². The average molecular weight is 515 g/mol. The highest BCUT2D eigenvalue weighted by Crippen LogP contribution is 2.45. The molecule has 2 aromatic rings. The minimum Gasteiger partial charge on any atom is -0.490 e. The number of alkyl halides is 6. The van der Waals surface area contributed by atoms with Crippen molar-refractivity contribution in [2.45, 2.75) is 63.0 Å². The van der Waals surface area contributed by atoms with E-state index in [0.717, 1.165) is 18.4 Å². The van der Waals surface area contributed by atoms with Crippen LogP contribution in [0.4, 0.5) is 26.3 Å². The first-order valence-corrected chi connectivity index (χ1v) is 11.9. The number of likely N-dealkylation sites (tertiary alicyclic amines) is 1. The van der Waals surface area contributed by atoms with E-state index in [2.05, 4.69) is 0 Å². The van der Waals surface area contributed by atoms with Gasteiger partial charge in [-0.1, -0.05) is 12.1 Å². The highest BCUT2D eigenvalue weighted by molar-refractivity contribution is 5.68. The number of benzene rings is 2. The van der Waals surface area contributed by atoms with Crippen LogP contribution in [0.3, 0.4) is 0 Å². The first-order valence-electron chi connectivity index (χ1n) is 11.9. The van der Waals surface area contributed by atoms with Crippen molar-refractivity contribution >= 4 is 5.97 Å². The Kier molecular flexibility index (Phi) is 7.54. The molecule has 0 amide bonds. The number of ether oxygens (including phenoxy) is 1. The SMILES string of the molecule is O=C(O)CC(c1cccc(OC2CCN(Cc3cc(C(F)(F)F)ccc3C(F)(F)F)CC2)c1)C1CC1. The van der Waals surface area contributed by atoms with E-state index < -0.39 is 35.0 Å². The largest absolute Gasteiger partial charge is 0.490 e. The summed E-state index contributed by atoms with van der Waals surface area (Å²) in [6.07, 6.45) is -6.59. The predicted octanol–water partition coefficient (Wildman–Crippen LogP) is 6.74. The zero-order valence-corrected chi connectivity index (χ0v) is 19.4. The molecule has 2 aliphatic rings. The van der Waals surface area contributed by atoms with Crippen LogP contribution in [-0.2, 0) is 23.7 Å². The molecule has 0 radical (unpaired) electrons. The molecule has 1 unspecified atom stereocenters. The molecule has 0 spiro atoms. The summed E-state index contributed by atoms with van der Waals surface area (Å²) in [6, 6.07) is 8.92. The van der Waals surface area contributed by atoms with Gasteiger partial charge in [0.1, 0.15) is 11.9 Å². The van der Waals surface area contributed by atoms with Crippen LogP contribution in [0.1, 0.15) is 60.3 Å². The zero-order valence-electron chi connectivity index (χ0n) is 19.4. The summed E-state index contributed by atoms with van der Waals surface area (Å²) in [5, 5.41) is 9.25. The van der Waals surface area contributed by atoms with Gasteiger partial charge in [0.05, 0.1) is 17.5 Å². The number of aliphatic carboxylic acids is 1. The van der Waals surface area contributed by atoms with E-state index in [1.165, 1.54) is 0 Å². The van der Waals surface area contributed by atoms with Gasteiger partial charge in [-0.15, -0.1) is 0 Å². The molecule has 1 N–H and O–H groups in total. The van der Waals surface area contributed by atoms with Gasteiger partial charge in [0.25, 0.3) is 0 Å². The Hall–Kier alpha value is -2.75. The Morgan fingerprint density at radius 2 is 1.67 bits per heavy atom. The van der Waals surface area contributed by atoms with Crippen molar-refractivity contribution in [3.05, 3.63) is 64.7 Å². The first-order chi connectivity index (χ1) is 16.9. The summed E-state index contributed by atoms with van der Waals surface area (Å²) in [7, 11) is 0. The van der Waals surface area contributed by atoms with E-state index in [1.807, 2.05) is 18.2 Å². The normalized spacial score (nSPS) is 18.7. The molecule has 0 bridgehead atoms. The maximum atomic E-state index is 13.4. The van der Waals surface area contributed by atoms with E-state index in [9.17, 15) is 36.2 Å². The smallest absolute Gasteiger partial charge is 0.416 e. The second-order valence-corrected chi connectivity index (χ2v) is 9.58. The number of hydrogen-bond acceptors (Lipinski definition) is 3. The Morgan fingerprint density at radius 1 is 0.972 bits per heavy atom. The van der Waals surface area contributed by atoms with Crippen LogP contribution in [0, 0.1) is 5.92 Å². The number of hydrogen-bond donors (Lipinski definition) is 1. The molecule has 2 fully saturated rings. The van der Waals surface area contributed by atoms with Crippen molar-refractivity contribution in [3.63, 3.8) is 0 Å². The Balaban J connectivity index is 1.38. The summed E-state index contributed by atoms with van der Waals surface area (Å²) in [6.45, 7) is 0.516. The van der Waals surface area contributed by atoms with Gasteiger partial charge in [0.15, 0.2) is 0 Å². The molecule has 1 aliphatic heterocycles. The van der Waals surface area contributed by atoms with Crippen LogP contribution in [0.2, 0.25) is 0 Å². The number of carboxylic acid groups (broad SMARTS) is 1. The van der Waals surface area contributed by atoms with Crippen molar-refractivity contribution in [3.8, 4) is 5.75 Å². The number of carbonyl (C=O) groups is 1. The number of rotatable bonds is 8. The summed E-state index contributed by atoms with van der Waals surface area (Å²) >= 11 is 0. The zero-order chi connectivity index (χ0) is 26.1. The molecule has 1 saturated carbocycles. The Morgan fingerprint density at radius 3 is 2.25 bits per heavy atom. The molecule has 2 aromatic carbocycles. The van der Waals surface area contributed by atoms with Gasteiger partial charge >= 0.3 is 18.3 Å². The topological polar surface area (TPSA) is 49.8 Å². The van der Waals surface area contributed by atoms with Crippen molar-refractivity contribution in [2.24, 2.45) is 5.92 Å². The van der Waals surface area contributed by atoms with Crippen molar-refractivity contribution in [2.75, 3.05) is 13.1 Å². The van der Waals surface area contributed by atoms with E-state index in [1.54, 1.807) is 11.0 Å². The number of carboxylic acids is 1. The van der Waals surface area contributed by atoms with Gasteiger partial charge in [-0.25, -0.2) is 0 Å². The lowest BCUT2D eigenvalue weighted by Gasteiger charge is -2.33. The minimum atomic E-state index is -4.75. The third-order valence-corrected chi connectivity index (χ3v) is 6.84. The maximum Gasteiger partial charge on any atom is 0.416 e. The van der Waals surface area contributed by atoms with Gasteiger partial charge in [-0.05, 0) is 79.0 Å². The van der Waals surface area contributed by atoms with Gasteiger partial charge < -0.3 is 9.84 Å². The van der Waals surface area contributed by atoms with Gasteiger partial charge in [0.2, 0.25) is 0 Å². The number of nitrogens with zero attached hydrogens (tertiary/aromatic N) is 1. The van der Waals surface area contributed by atoms with Crippen molar-refractivity contribution in [1.82, 2.24) is 4.90 Å². The van der Waals surface area contributed by atoms with E-state index in [0.29, 0.717) is 55.8 Å². The van der Waals surface area contributed by atoms with Gasteiger partial charge in [-0.3, -0.25) is 9.69 Å². The highest BCUT2D eigenvalue weighted by Gasteiger charge is 2.38. The quantitative estimate of drug-likeness (QED) is 0.396. The molecule has 1 atom stereocenters. The molecule has 196 valence electrons. The second kappa shape index (κ2) is 10.3. The molecular formula is C26H27F6NO3. The van der Waals surface area contributed by atoms with Gasteiger partial charge in [0, 0.05) is 19.6 Å². The first kappa shape index (κ1) is 26.3. The predicted molar refractivity (Wildman–Crippen MR) is 120 cm³/mol. The van der Waals surface area contributed by atoms with Crippen LogP contribution in [0.25, 0.3) is 0 Å². The Labute approximate surface area is 204 Å². The average Bonchev–Trinajstić information content (AvgIpc) is 3.63. The third kappa shape index (κ3) is 6.72. The fourth-order valence-electron chi connectivity index (χ4n) is 4.86. The summed E-state index contributed by atoms with van der Waals surface area (Å²) in [5.74, 6) is 0.0551. The molecule has 4 rings (SSSR count). The molecule has 4 nitrogen and oxygen atoms in total. The van der Waals surface area contributed by atoms with E-state index in [-0.39, 0.29) is 25.0 Å². The van der Waals surface area contributed by atoms with Crippen molar-refractivity contribution in [1.29, 1.82) is 0 Å². The van der Waals surface area contributed by atoms with E-state index in [4.69, 9.17) is 4.74 Å². The summed E-state index contributed by atoms with van der Waals surface area (Å²) in [5.41, 5.74) is -1.64. The van der Waals surface area contributed by atoms with E-state index >= 15 is 0 Å². The fraction of sp³-hybridized carbons (Fsp3) is 0.500. The molecule has 1 aliphatic carbocycles. The molecule has 10 heteroatoms. The van der Waals surface area contributed by atoms with Crippen LogP contribution >= 0.6 is 0 Å². The van der Waals surface area contributed by atoms with Crippen molar-refractivity contribution < 1.29 is 41.0 Å². The lowest BCUT2D eigenvalue weighted by molar-refractivity contribution is -0.142. The maximum absolute atomic E-state index is 13.4. The standard InChI is InChI=1S/C26H27F6NO3/c27-25(28,29)19-6-7-23(26(30,31)32)18(12-19)15-33-10-8-20(9-11-33)36-21-3-1-2-17(13-21)22(14-24(34)35)16-4-5-16/h1-3,6-7,12-13,16,20,22H,4-5,8-11,14-15H2,(H,34,35). The lowest BCUT2D eigenvalue weighted by atomic mass is 9.91. The summed E-state index contributed by atoms with van der Waals surface area (Å²) in [4.78, 5) is 13.0. The summed E-state index contributed by atoms with van der Waals surface area (Å²) < 4.78 is 85.5. The van der Waals surface area contributed by atoms with Crippen LogP contribution in [0.5, 0.6) is 5.75 Å². The molecular weight excluding hydrogens is 488 g/mol. The fourth-order valence-corrected chi connectivity index (χ4v) is 4.86. The lowest BCUT2D eigenvalue weighted by Crippen LogP contribution is -2.38. The number of piperidine rings is 1. The van der Waals surface area contributed by atoms with Crippen LogP contribution in [-0.4, -0.2) is 35.2 Å². The molecule has 1 heterocycles. The van der Waals surface area contributed by atoms with Crippen LogP contribution in [0.15, 0.2) is 42.5 Å². The second-order valence-electron chi connectivity index (χ2n) is 9.58. The third-order valence-electron chi connectivity index (χ3n) is 6.84. The Bertz CT molecular complexity index is 1070. The van der Waals surface area contributed by atoms with Crippen LogP contribution < -0.4 is 4.74 Å².